The van der Waals surface area contributed by atoms with Crippen LogP contribution in [0, 0.1) is 0 Å². The molecule has 0 N–H and O–H groups in total. The summed E-state index contributed by atoms with van der Waals surface area (Å²) in [5.41, 5.74) is 0. The van der Waals surface area contributed by atoms with Crippen LogP contribution in [0.1, 0.15) is 5.82 Å². The highest BCUT2D eigenvalue weighted by Crippen LogP contribution is 2.13. The maximum atomic E-state index is 5.48. The van der Waals surface area contributed by atoms with E-state index in [1.54, 1.807) is 12.5 Å². The molecule has 0 aromatic carbocycles. The Morgan fingerprint density at radius 3 is 2.93 bits per heavy atom. The molecule has 0 unspecified atom stereocenters. The molecule has 2 heterocycles. The lowest BCUT2D eigenvalue weighted by molar-refractivity contribution is 0.290. The zero-order valence-corrected chi connectivity index (χ0v) is 9.68. The molecule has 0 radical (unpaired) electrons. The van der Waals surface area contributed by atoms with Crippen molar-refractivity contribution in [2.45, 2.75) is 6.61 Å². The summed E-state index contributed by atoms with van der Waals surface area (Å²) >= 11 is 3.25. The standard InChI is InChI=1S/C9H9BrN4O/c1-14-6-12-13-9(14)5-15-7-2-3-8(10)11-4-7/h2-4,6H,5H2,1H3. The number of pyridine rings is 1. The molecule has 0 aliphatic heterocycles. The predicted molar refractivity (Wildman–Crippen MR) is 57.3 cm³/mol. The molecule has 2 aromatic heterocycles. The number of hydrogen-bond acceptors (Lipinski definition) is 4. The highest BCUT2D eigenvalue weighted by molar-refractivity contribution is 9.10. The van der Waals surface area contributed by atoms with Crippen LogP contribution in [0.5, 0.6) is 5.75 Å². The van der Waals surface area contributed by atoms with Crippen LogP contribution >= 0.6 is 15.9 Å². The summed E-state index contributed by atoms with van der Waals surface area (Å²) in [6.07, 6.45) is 3.29. The number of hydrogen-bond donors (Lipinski definition) is 0. The van der Waals surface area contributed by atoms with E-state index >= 15 is 0 Å². The van der Waals surface area contributed by atoms with Gasteiger partial charge in [0.2, 0.25) is 0 Å². The summed E-state index contributed by atoms with van der Waals surface area (Å²) in [5, 5.41) is 7.66. The summed E-state index contributed by atoms with van der Waals surface area (Å²) in [4.78, 5) is 4.05. The van der Waals surface area contributed by atoms with E-state index in [-0.39, 0.29) is 0 Å². The van der Waals surface area contributed by atoms with Crippen molar-refractivity contribution in [2.75, 3.05) is 0 Å². The van der Waals surface area contributed by atoms with Gasteiger partial charge in [-0.15, -0.1) is 10.2 Å². The van der Waals surface area contributed by atoms with Crippen molar-refractivity contribution in [3.05, 3.63) is 35.1 Å². The maximum absolute atomic E-state index is 5.48. The van der Waals surface area contributed by atoms with Gasteiger partial charge in [-0.3, -0.25) is 0 Å². The van der Waals surface area contributed by atoms with Crippen molar-refractivity contribution in [3.8, 4) is 5.75 Å². The number of nitrogens with zero attached hydrogens (tertiary/aromatic N) is 4. The molecule has 2 rings (SSSR count). The molecule has 0 atom stereocenters. The Labute approximate surface area is 95.2 Å². The van der Waals surface area contributed by atoms with Crippen molar-refractivity contribution in [1.82, 2.24) is 19.7 Å². The molecule has 78 valence electrons. The second-order valence-electron chi connectivity index (χ2n) is 2.96. The summed E-state index contributed by atoms with van der Waals surface area (Å²) in [6.45, 7) is 0.389. The number of aromatic nitrogens is 4. The van der Waals surface area contributed by atoms with Crippen LogP contribution in [0.3, 0.4) is 0 Å². The van der Waals surface area contributed by atoms with Crippen molar-refractivity contribution in [1.29, 1.82) is 0 Å². The highest BCUT2D eigenvalue weighted by atomic mass is 79.9. The zero-order chi connectivity index (χ0) is 10.7. The zero-order valence-electron chi connectivity index (χ0n) is 8.09. The Bertz CT molecular complexity index is 440. The Morgan fingerprint density at radius 1 is 1.47 bits per heavy atom. The summed E-state index contributed by atoms with van der Waals surface area (Å²) in [7, 11) is 1.87. The average molecular weight is 269 g/mol. The molecule has 0 saturated carbocycles. The van der Waals surface area contributed by atoms with Gasteiger partial charge in [0.1, 0.15) is 23.3 Å². The third kappa shape index (κ3) is 2.53. The van der Waals surface area contributed by atoms with Gasteiger partial charge in [0.15, 0.2) is 5.82 Å². The van der Waals surface area contributed by atoms with Gasteiger partial charge < -0.3 is 9.30 Å². The first-order chi connectivity index (χ1) is 7.25. The predicted octanol–water partition coefficient (Wildman–Crippen LogP) is 1.55. The normalized spacial score (nSPS) is 10.3. The van der Waals surface area contributed by atoms with Gasteiger partial charge in [-0.05, 0) is 28.1 Å². The van der Waals surface area contributed by atoms with Crippen LogP contribution in [0.25, 0.3) is 0 Å². The van der Waals surface area contributed by atoms with Gasteiger partial charge in [-0.1, -0.05) is 0 Å². The van der Waals surface area contributed by atoms with Gasteiger partial charge in [0.25, 0.3) is 0 Å². The van der Waals surface area contributed by atoms with E-state index in [9.17, 15) is 0 Å². The molecule has 0 saturated heterocycles. The first kappa shape index (κ1) is 10.1. The minimum atomic E-state index is 0.389. The van der Waals surface area contributed by atoms with Crippen LogP contribution in [-0.4, -0.2) is 19.7 Å². The van der Waals surface area contributed by atoms with E-state index < -0.39 is 0 Å². The molecule has 0 aliphatic rings. The third-order valence-electron chi connectivity index (χ3n) is 1.87. The second kappa shape index (κ2) is 4.39. The molecule has 5 nitrogen and oxygen atoms in total. The minimum Gasteiger partial charge on any atom is -0.484 e. The Balaban J connectivity index is 1.99. The Hall–Kier alpha value is -1.43. The van der Waals surface area contributed by atoms with Gasteiger partial charge in [0.05, 0.1) is 6.20 Å². The first-order valence-electron chi connectivity index (χ1n) is 4.33. The SMILES string of the molecule is Cn1cnnc1COc1ccc(Br)nc1. The molecule has 2 aromatic rings. The van der Waals surface area contributed by atoms with E-state index in [0.717, 1.165) is 10.4 Å². The van der Waals surface area contributed by atoms with E-state index in [1.165, 1.54) is 0 Å². The van der Waals surface area contributed by atoms with Crippen LogP contribution in [0.15, 0.2) is 29.3 Å². The molecule has 0 bridgehead atoms. The van der Waals surface area contributed by atoms with E-state index in [1.807, 2.05) is 23.7 Å². The summed E-state index contributed by atoms with van der Waals surface area (Å²) in [5.74, 6) is 1.49. The number of aryl methyl sites for hydroxylation is 1. The Morgan fingerprint density at radius 2 is 2.33 bits per heavy atom. The van der Waals surface area contributed by atoms with Gasteiger partial charge in [-0.2, -0.15) is 0 Å². The molecular weight excluding hydrogens is 260 g/mol. The largest absolute Gasteiger partial charge is 0.484 e. The molecule has 0 spiro atoms. The van der Waals surface area contributed by atoms with Gasteiger partial charge >= 0.3 is 0 Å². The minimum absolute atomic E-state index is 0.389. The van der Waals surface area contributed by atoms with Gasteiger partial charge in [-0.25, -0.2) is 4.98 Å². The highest BCUT2D eigenvalue weighted by Gasteiger charge is 2.01. The first-order valence-corrected chi connectivity index (χ1v) is 5.12. The van der Waals surface area contributed by atoms with Crippen LogP contribution in [0.2, 0.25) is 0 Å². The summed E-state index contributed by atoms with van der Waals surface area (Å²) < 4.78 is 8.08. The fraction of sp³-hybridized carbons (Fsp3) is 0.222. The van der Waals surface area contributed by atoms with Crippen molar-refractivity contribution < 1.29 is 4.74 Å². The molecule has 0 aliphatic carbocycles. The van der Waals surface area contributed by atoms with Crippen molar-refractivity contribution in [3.63, 3.8) is 0 Å². The average Bonchev–Trinajstić information content (AvgIpc) is 2.63. The summed E-state index contributed by atoms with van der Waals surface area (Å²) in [6, 6.07) is 3.67. The van der Waals surface area contributed by atoms with Crippen LogP contribution in [-0.2, 0) is 13.7 Å². The second-order valence-corrected chi connectivity index (χ2v) is 3.78. The molecule has 15 heavy (non-hydrogen) atoms. The fourth-order valence-electron chi connectivity index (χ4n) is 1.03. The number of ether oxygens (including phenoxy) is 1. The molecule has 0 amide bonds. The third-order valence-corrected chi connectivity index (χ3v) is 2.34. The smallest absolute Gasteiger partial charge is 0.170 e. The number of halogens is 1. The van der Waals surface area contributed by atoms with Crippen molar-refractivity contribution >= 4 is 15.9 Å². The topological polar surface area (TPSA) is 52.8 Å². The van der Waals surface area contributed by atoms with E-state index in [4.69, 9.17) is 4.74 Å². The Kier molecular flexibility index (Phi) is 2.96. The van der Waals surface area contributed by atoms with Crippen LogP contribution in [0.4, 0.5) is 0 Å². The molecule has 0 fully saturated rings. The quantitative estimate of drug-likeness (QED) is 0.793. The maximum Gasteiger partial charge on any atom is 0.170 e. The monoisotopic (exact) mass is 268 g/mol. The van der Waals surface area contributed by atoms with E-state index in [2.05, 4.69) is 31.1 Å². The lowest BCUT2D eigenvalue weighted by atomic mass is 10.5. The van der Waals surface area contributed by atoms with Gasteiger partial charge in [0, 0.05) is 7.05 Å². The van der Waals surface area contributed by atoms with Crippen LogP contribution < -0.4 is 4.74 Å². The van der Waals surface area contributed by atoms with Crippen molar-refractivity contribution in [2.24, 2.45) is 7.05 Å². The number of rotatable bonds is 3. The lowest BCUT2D eigenvalue weighted by Gasteiger charge is -2.04. The lowest BCUT2D eigenvalue weighted by Crippen LogP contribution is -2.03. The van der Waals surface area contributed by atoms with E-state index in [0.29, 0.717) is 12.4 Å². The molecule has 6 heteroatoms. The fourth-order valence-corrected chi connectivity index (χ4v) is 1.27. The molecular formula is C9H9BrN4O.